The number of nitrogens with zero attached hydrogens (tertiary/aromatic N) is 5. The number of benzene rings is 1. The first-order chi connectivity index (χ1) is 18.0. The highest BCUT2D eigenvalue weighted by molar-refractivity contribution is 5.92. The van der Waals surface area contributed by atoms with E-state index in [-0.39, 0.29) is 23.8 Å². The molecule has 0 saturated heterocycles. The summed E-state index contributed by atoms with van der Waals surface area (Å²) in [6.45, 7) is -1.27. The van der Waals surface area contributed by atoms with Crippen LogP contribution in [0.5, 0.6) is 5.88 Å². The third-order valence-electron chi connectivity index (χ3n) is 5.41. The van der Waals surface area contributed by atoms with Gasteiger partial charge in [-0.25, -0.2) is 19.6 Å². The number of anilines is 3. The van der Waals surface area contributed by atoms with E-state index in [4.69, 9.17) is 0 Å². The number of hydrogen-bond acceptors (Lipinski definition) is 7. The number of rotatable bonds is 8. The van der Waals surface area contributed by atoms with Gasteiger partial charge in [-0.05, 0) is 24.1 Å². The topological polar surface area (TPSA) is 107 Å². The molecule has 9 nitrogen and oxygen atoms in total. The van der Waals surface area contributed by atoms with Crippen LogP contribution in [0.4, 0.5) is 39.3 Å². The molecule has 0 saturated carbocycles. The Morgan fingerprint density at radius 1 is 1.03 bits per heavy atom. The Morgan fingerprint density at radius 2 is 1.71 bits per heavy atom. The summed E-state index contributed by atoms with van der Waals surface area (Å²) in [5.74, 6) is -0.917. The second-order valence-electron chi connectivity index (χ2n) is 7.99. The first kappa shape index (κ1) is 26.4. The maximum Gasteiger partial charge on any atom is 0.421 e. The lowest BCUT2D eigenvalue weighted by atomic mass is 10.0. The van der Waals surface area contributed by atoms with Crippen molar-refractivity contribution in [3.05, 3.63) is 71.9 Å². The molecule has 1 amide bonds. The highest BCUT2D eigenvalue weighted by atomic mass is 19.4. The number of ether oxygens (including phenoxy) is 1. The van der Waals surface area contributed by atoms with Crippen LogP contribution in [0, 0.1) is 6.92 Å². The first-order valence-electron chi connectivity index (χ1n) is 11.0. The lowest BCUT2D eigenvalue weighted by Gasteiger charge is -2.13. The Hall–Kier alpha value is -4.62. The summed E-state index contributed by atoms with van der Waals surface area (Å²) >= 11 is 0. The lowest BCUT2D eigenvalue weighted by Crippen LogP contribution is -2.16. The fraction of sp³-hybridized carbons (Fsp3) is 0.208. The SMILES string of the molecule is COc1ncc(NC(=O)Cc2ccc(-c3cnc(Nc4cnn(C(F)F)c4C)nc3)cc2)cc1C(F)(F)F. The molecule has 0 aliphatic heterocycles. The predicted octanol–water partition coefficient (Wildman–Crippen LogP) is 5.39. The van der Waals surface area contributed by atoms with Crippen LogP contribution in [0.15, 0.2) is 55.1 Å². The first-order valence-corrected chi connectivity index (χ1v) is 11.0. The molecular formula is C24H20F5N7O2. The summed E-state index contributed by atoms with van der Waals surface area (Å²) < 4.78 is 70.5. The van der Waals surface area contributed by atoms with E-state index in [0.717, 1.165) is 24.9 Å². The number of carbonyl (C=O) groups excluding carboxylic acids is 1. The zero-order chi connectivity index (χ0) is 27.4. The van der Waals surface area contributed by atoms with Crippen molar-refractivity contribution >= 4 is 23.2 Å². The van der Waals surface area contributed by atoms with E-state index in [2.05, 4.69) is 35.4 Å². The predicted molar refractivity (Wildman–Crippen MR) is 127 cm³/mol. The van der Waals surface area contributed by atoms with Crippen molar-refractivity contribution < 1.29 is 31.5 Å². The summed E-state index contributed by atoms with van der Waals surface area (Å²) in [6, 6.07) is 7.62. The molecular weight excluding hydrogens is 513 g/mol. The quantitative estimate of drug-likeness (QED) is 0.293. The van der Waals surface area contributed by atoms with Gasteiger partial charge in [0.05, 0.1) is 43.0 Å². The van der Waals surface area contributed by atoms with E-state index >= 15 is 0 Å². The van der Waals surface area contributed by atoms with Gasteiger partial charge < -0.3 is 15.4 Å². The molecule has 0 fully saturated rings. The van der Waals surface area contributed by atoms with Gasteiger partial charge in [0.2, 0.25) is 17.7 Å². The molecule has 0 atom stereocenters. The van der Waals surface area contributed by atoms with Crippen molar-refractivity contribution in [2.24, 2.45) is 0 Å². The number of nitrogens with one attached hydrogen (secondary N) is 2. The Kier molecular flexibility index (Phi) is 7.50. The summed E-state index contributed by atoms with van der Waals surface area (Å²) in [6.07, 6.45) is 0.646. The minimum atomic E-state index is -4.69. The average molecular weight is 533 g/mol. The van der Waals surface area contributed by atoms with E-state index in [9.17, 15) is 26.7 Å². The van der Waals surface area contributed by atoms with Gasteiger partial charge in [0, 0.05) is 18.0 Å². The second kappa shape index (κ2) is 10.8. The minimum absolute atomic E-state index is 0.0847. The summed E-state index contributed by atoms with van der Waals surface area (Å²) in [7, 11) is 1.08. The largest absolute Gasteiger partial charge is 0.481 e. The maximum absolute atomic E-state index is 13.2. The van der Waals surface area contributed by atoms with Gasteiger partial charge in [-0.3, -0.25) is 4.79 Å². The number of alkyl halides is 5. The van der Waals surface area contributed by atoms with Crippen LogP contribution in [-0.2, 0) is 17.4 Å². The Morgan fingerprint density at radius 3 is 2.29 bits per heavy atom. The zero-order valence-corrected chi connectivity index (χ0v) is 19.9. The number of methoxy groups -OCH3 is 1. The molecule has 0 unspecified atom stereocenters. The van der Waals surface area contributed by atoms with E-state index < -0.39 is 30.1 Å². The molecule has 3 heterocycles. The zero-order valence-electron chi connectivity index (χ0n) is 19.9. The summed E-state index contributed by atoms with van der Waals surface area (Å²) in [5, 5.41) is 8.86. The molecule has 198 valence electrons. The highest BCUT2D eigenvalue weighted by Gasteiger charge is 2.35. The standard InChI is InChI=1S/C24H20F5N7O2/c1-13-19(12-33-36(13)22(25)26)35-23-31-9-16(10-32-23)15-5-3-14(4-6-15)7-20(37)34-17-8-18(24(27,28)29)21(38-2)30-11-17/h3-6,8-12,22H,7H2,1-2H3,(H,34,37)(H,31,32,35). The number of carbonyl (C=O) groups is 1. The Labute approximate surface area is 212 Å². The van der Waals surface area contributed by atoms with Crippen molar-refractivity contribution in [2.75, 3.05) is 17.7 Å². The molecule has 0 aliphatic carbocycles. The van der Waals surface area contributed by atoms with Crippen LogP contribution in [0.2, 0.25) is 0 Å². The van der Waals surface area contributed by atoms with E-state index in [0.29, 0.717) is 21.5 Å². The van der Waals surface area contributed by atoms with Crippen LogP contribution in [0.1, 0.15) is 23.4 Å². The van der Waals surface area contributed by atoms with Gasteiger partial charge in [0.15, 0.2) is 0 Å². The second-order valence-corrected chi connectivity index (χ2v) is 7.99. The summed E-state index contributed by atoms with van der Waals surface area (Å²) in [4.78, 5) is 24.4. The van der Waals surface area contributed by atoms with E-state index in [1.54, 1.807) is 36.7 Å². The van der Waals surface area contributed by atoms with Crippen LogP contribution >= 0.6 is 0 Å². The van der Waals surface area contributed by atoms with E-state index in [1.165, 1.54) is 13.1 Å². The van der Waals surface area contributed by atoms with Gasteiger partial charge in [-0.2, -0.15) is 27.1 Å². The fourth-order valence-electron chi connectivity index (χ4n) is 3.50. The molecule has 4 rings (SSSR count). The molecule has 14 heteroatoms. The average Bonchev–Trinajstić information content (AvgIpc) is 3.24. The van der Waals surface area contributed by atoms with Crippen molar-refractivity contribution in [1.82, 2.24) is 24.7 Å². The number of amides is 1. The van der Waals surface area contributed by atoms with Gasteiger partial charge >= 0.3 is 12.7 Å². The van der Waals surface area contributed by atoms with Crippen LogP contribution < -0.4 is 15.4 Å². The number of hydrogen-bond donors (Lipinski definition) is 2. The van der Waals surface area contributed by atoms with Crippen LogP contribution in [0.25, 0.3) is 11.1 Å². The van der Waals surface area contributed by atoms with Gasteiger partial charge in [-0.1, -0.05) is 24.3 Å². The Balaban J connectivity index is 1.38. The molecule has 0 bridgehead atoms. The highest BCUT2D eigenvalue weighted by Crippen LogP contribution is 2.36. The van der Waals surface area contributed by atoms with E-state index in [1.807, 2.05) is 0 Å². The molecule has 2 N–H and O–H groups in total. The molecule has 38 heavy (non-hydrogen) atoms. The maximum atomic E-state index is 13.2. The van der Waals surface area contributed by atoms with Crippen molar-refractivity contribution in [3.8, 4) is 17.0 Å². The van der Waals surface area contributed by atoms with Crippen LogP contribution in [0.3, 0.4) is 0 Å². The minimum Gasteiger partial charge on any atom is -0.481 e. The van der Waals surface area contributed by atoms with Gasteiger partial charge in [-0.15, -0.1) is 0 Å². The molecule has 0 aliphatic rings. The van der Waals surface area contributed by atoms with Gasteiger partial charge in [0.25, 0.3) is 0 Å². The number of aromatic nitrogens is 5. The molecule has 3 aromatic heterocycles. The molecule has 1 aromatic carbocycles. The third-order valence-corrected chi connectivity index (χ3v) is 5.41. The Bertz CT molecular complexity index is 1420. The lowest BCUT2D eigenvalue weighted by molar-refractivity contribution is -0.139. The fourth-order valence-corrected chi connectivity index (χ4v) is 3.50. The number of halogens is 5. The molecule has 0 spiro atoms. The monoisotopic (exact) mass is 533 g/mol. The smallest absolute Gasteiger partial charge is 0.421 e. The van der Waals surface area contributed by atoms with Crippen molar-refractivity contribution in [2.45, 2.75) is 26.1 Å². The molecule has 4 aromatic rings. The van der Waals surface area contributed by atoms with Gasteiger partial charge in [0.1, 0.15) is 5.56 Å². The van der Waals surface area contributed by atoms with Crippen LogP contribution in [-0.4, -0.2) is 37.7 Å². The van der Waals surface area contributed by atoms with Crippen molar-refractivity contribution in [1.29, 1.82) is 0 Å². The number of pyridine rings is 1. The normalized spacial score (nSPS) is 11.5. The van der Waals surface area contributed by atoms with Crippen molar-refractivity contribution in [3.63, 3.8) is 0 Å². The molecule has 0 radical (unpaired) electrons. The third kappa shape index (κ3) is 6.02. The summed E-state index contributed by atoms with van der Waals surface area (Å²) in [5.41, 5.74) is 1.41.